The van der Waals surface area contributed by atoms with E-state index in [1.807, 2.05) is 30.4 Å². The number of carbonyl (C=O) groups excluding carboxylic acids is 2. The van der Waals surface area contributed by atoms with Gasteiger partial charge in [-0.05, 0) is 13.3 Å². The SMILES string of the molecule is CCOC(=O)C12CC(C(=O)OC)=CC13C=CC=CC32. The molecule has 1 spiro atoms. The maximum Gasteiger partial charge on any atom is 0.333 e. The average Bonchev–Trinajstić information content (AvgIpc) is 2.85. The summed E-state index contributed by atoms with van der Waals surface area (Å²) in [6.07, 6.45) is 10.2. The van der Waals surface area contributed by atoms with Gasteiger partial charge in [-0.2, -0.15) is 0 Å². The van der Waals surface area contributed by atoms with Gasteiger partial charge in [0.05, 0.1) is 19.1 Å². The third kappa shape index (κ3) is 1.29. The molecular formula is C15H16O4. The molecule has 0 aromatic rings. The first-order valence-electron chi connectivity index (χ1n) is 6.45. The lowest BCUT2D eigenvalue weighted by Crippen LogP contribution is -2.24. The molecule has 19 heavy (non-hydrogen) atoms. The first-order valence-corrected chi connectivity index (χ1v) is 6.45. The van der Waals surface area contributed by atoms with Gasteiger partial charge in [0.15, 0.2) is 0 Å². The molecular weight excluding hydrogens is 244 g/mol. The van der Waals surface area contributed by atoms with Gasteiger partial charge in [0.25, 0.3) is 0 Å². The number of methoxy groups -OCH3 is 1. The van der Waals surface area contributed by atoms with Crippen molar-refractivity contribution < 1.29 is 19.1 Å². The normalized spacial score (nSPS) is 37.2. The van der Waals surface area contributed by atoms with Gasteiger partial charge in [0.2, 0.25) is 0 Å². The van der Waals surface area contributed by atoms with Crippen molar-refractivity contribution in [3.05, 3.63) is 36.0 Å². The van der Waals surface area contributed by atoms with Gasteiger partial charge in [0, 0.05) is 16.9 Å². The van der Waals surface area contributed by atoms with Gasteiger partial charge in [-0.1, -0.05) is 30.4 Å². The van der Waals surface area contributed by atoms with E-state index >= 15 is 0 Å². The Hall–Kier alpha value is -1.84. The van der Waals surface area contributed by atoms with Gasteiger partial charge < -0.3 is 9.47 Å². The van der Waals surface area contributed by atoms with Crippen LogP contribution in [0.1, 0.15) is 13.3 Å². The minimum Gasteiger partial charge on any atom is -0.466 e. The molecule has 0 radical (unpaired) electrons. The molecule has 0 aliphatic heterocycles. The highest BCUT2D eigenvalue weighted by atomic mass is 16.5. The van der Waals surface area contributed by atoms with Gasteiger partial charge in [-0.25, -0.2) is 4.79 Å². The van der Waals surface area contributed by atoms with E-state index in [9.17, 15) is 9.59 Å². The summed E-state index contributed by atoms with van der Waals surface area (Å²) >= 11 is 0. The molecule has 0 N–H and O–H groups in total. The Labute approximate surface area is 111 Å². The summed E-state index contributed by atoms with van der Waals surface area (Å²) in [5.74, 6) is -0.462. The summed E-state index contributed by atoms with van der Waals surface area (Å²) in [5.41, 5.74) is -0.431. The minimum atomic E-state index is -0.629. The van der Waals surface area contributed by atoms with Crippen LogP contribution in [-0.4, -0.2) is 25.7 Å². The fourth-order valence-corrected chi connectivity index (χ4v) is 3.65. The van der Waals surface area contributed by atoms with Gasteiger partial charge in [0.1, 0.15) is 0 Å². The first-order chi connectivity index (χ1) is 9.12. The second kappa shape index (κ2) is 3.83. The van der Waals surface area contributed by atoms with E-state index in [0.717, 1.165) is 0 Å². The maximum absolute atomic E-state index is 12.4. The number of rotatable bonds is 3. The minimum absolute atomic E-state index is 0.109. The summed E-state index contributed by atoms with van der Waals surface area (Å²) in [6, 6.07) is 0. The number of hydrogen-bond acceptors (Lipinski definition) is 4. The summed E-state index contributed by atoms with van der Waals surface area (Å²) in [5, 5.41) is 0. The van der Waals surface area contributed by atoms with Crippen molar-refractivity contribution in [2.75, 3.05) is 13.7 Å². The Balaban J connectivity index is 1.99. The summed E-state index contributed by atoms with van der Waals surface area (Å²) < 4.78 is 9.99. The Bertz CT molecular complexity index is 542. The van der Waals surface area contributed by atoms with E-state index in [1.165, 1.54) is 7.11 Å². The molecule has 3 rings (SSSR count). The Kier molecular flexibility index (Phi) is 2.46. The largest absolute Gasteiger partial charge is 0.466 e. The summed E-state index contributed by atoms with van der Waals surface area (Å²) in [6.45, 7) is 2.15. The molecule has 100 valence electrons. The smallest absolute Gasteiger partial charge is 0.333 e. The van der Waals surface area contributed by atoms with Crippen molar-refractivity contribution in [2.24, 2.45) is 16.7 Å². The van der Waals surface area contributed by atoms with E-state index in [2.05, 4.69) is 0 Å². The number of allylic oxidation sites excluding steroid dienone is 5. The van der Waals surface area contributed by atoms with E-state index < -0.39 is 5.41 Å². The van der Waals surface area contributed by atoms with Crippen molar-refractivity contribution in [1.82, 2.24) is 0 Å². The number of esters is 2. The van der Waals surface area contributed by atoms with Crippen LogP contribution < -0.4 is 0 Å². The summed E-state index contributed by atoms with van der Waals surface area (Å²) in [4.78, 5) is 24.0. The molecule has 4 nitrogen and oxygen atoms in total. The molecule has 3 unspecified atom stereocenters. The fraction of sp³-hybridized carbons (Fsp3) is 0.467. The molecule has 0 aromatic carbocycles. The van der Waals surface area contributed by atoms with Crippen molar-refractivity contribution in [2.45, 2.75) is 13.3 Å². The lowest BCUT2D eigenvalue weighted by atomic mass is 9.94. The molecule has 3 aliphatic carbocycles. The number of fused-ring (bicyclic) bond motifs is 1. The number of hydrogen-bond donors (Lipinski definition) is 0. The quantitative estimate of drug-likeness (QED) is 0.726. The molecule has 0 amide bonds. The van der Waals surface area contributed by atoms with Gasteiger partial charge >= 0.3 is 11.9 Å². The van der Waals surface area contributed by atoms with Crippen LogP contribution in [0.5, 0.6) is 0 Å². The van der Waals surface area contributed by atoms with Crippen molar-refractivity contribution in [3.8, 4) is 0 Å². The van der Waals surface area contributed by atoms with Crippen LogP contribution in [0.2, 0.25) is 0 Å². The molecule has 0 aromatic heterocycles. The summed E-state index contributed by atoms with van der Waals surface area (Å²) in [7, 11) is 1.36. The van der Waals surface area contributed by atoms with Crippen LogP contribution in [0.15, 0.2) is 36.0 Å². The van der Waals surface area contributed by atoms with Crippen LogP contribution >= 0.6 is 0 Å². The van der Waals surface area contributed by atoms with Crippen LogP contribution in [0.3, 0.4) is 0 Å². The Morgan fingerprint density at radius 3 is 2.89 bits per heavy atom. The zero-order valence-electron chi connectivity index (χ0n) is 11.0. The maximum atomic E-state index is 12.4. The molecule has 1 saturated carbocycles. The Morgan fingerprint density at radius 1 is 1.42 bits per heavy atom. The molecule has 0 heterocycles. The Morgan fingerprint density at radius 2 is 2.21 bits per heavy atom. The number of ether oxygens (including phenoxy) is 2. The van der Waals surface area contributed by atoms with Gasteiger partial charge in [-0.15, -0.1) is 0 Å². The highest BCUT2D eigenvalue weighted by Crippen LogP contribution is 2.78. The topological polar surface area (TPSA) is 52.6 Å². The van der Waals surface area contributed by atoms with Crippen LogP contribution in [0.4, 0.5) is 0 Å². The highest BCUT2D eigenvalue weighted by Gasteiger charge is 2.81. The average molecular weight is 260 g/mol. The first kappa shape index (κ1) is 12.2. The monoisotopic (exact) mass is 260 g/mol. The van der Waals surface area contributed by atoms with Crippen molar-refractivity contribution in [1.29, 1.82) is 0 Å². The van der Waals surface area contributed by atoms with Crippen LogP contribution in [-0.2, 0) is 19.1 Å². The lowest BCUT2D eigenvalue weighted by Gasteiger charge is -2.14. The molecule has 3 aliphatic rings. The van der Waals surface area contributed by atoms with E-state index in [0.29, 0.717) is 18.6 Å². The number of carbonyl (C=O) groups is 2. The third-order valence-electron chi connectivity index (χ3n) is 4.49. The second-order valence-electron chi connectivity index (χ2n) is 5.18. The molecule has 3 atom stereocenters. The van der Waals surface area contributed by atoms with Crippen LogP contribution in [0.25, 0.3) is 0 Å². The molecule has 1 fully saturated rings. The molecule has 4 heteroatoms. The standard InChI is InChI=1S/C15H16O4/c1-3-19-13(17)15-9-10(12(16)18-2)8-14(15)7-5-4-6-11(14)15/h4-8,11H,3,9H2,1-2H3. The van der Waals surface area contributed by atoms with Crippen LogP contribution in [0, 0.1) is 16.7 Å². The molecule has 0 bridgehead atoms. The lowest BCUT2D eigenvalue weighted by molar-refractivity contribution is -0.150. The van der Waals surface area contributed by atoms with E-state index in [4.69, 9.17) is 9.47 Å². The predicted molar refractivity (Wildman–Crippen MR) is 68.0 cm³/mol. The fourth-order valence-electron chi connectivity index (χ4n) is 3.65. The van der Waals surface area contributed by atoms with E-state index in [1.54, 1.807) is 6.92 Å². The van der Waals surface area contributed by atoms with E-state index in [-0.39, 0.29) is 23.3 Å². The van der Waals surface area contributed by atoms with Crippen molar-refractivity contribution in [3.63, 3.8) is 0 Å². The zero-order chi connectivity index (χ0) is 13.7. The van der Waals surface area contributed by atoms with Crippen molar-refractivity contribution >= 4 is 11.9 Å². The third-order valence-corrected chi connectivity index (χ3v) is 4.49. The highest BCUT2D eigenvalue weighted by molar-refractivity contribution is 5.96. The van der Waals surface area contributed by atoms with Gasteiger partial charge in [-0.3, -0.25) is 4.79 Å². The zero-order valence-corrected chi connectivity index (χ0v) is 11.0. The molecule has 0 saturated heterocycles. The predicted octanol–water partition coefficient (Wildman–Crippen LogP) is 1.78. The second-order valence-corrected chi connectivity index (χ2v) is 5.18.